The number of pyridine rings is 1. The molecule has 1 amide bonds. The number of hydrogen-bond donors (Lipinski definition) is 0. The molecule has 2 unspecified atom stereocenters. The highest BCUT2D eigenvalue weighted by atomic mass is 19.1. The molecule has 1 aliphatic heterocycles. The fraction of sp³-hybridized carbons (Fsp3) is 0.524. The molecule has 0 N–H and O–H groups in total. The minimum Gasteiger partial charge on any atom is -0.444 e. The van der Waals surface area contributed by atoms with Crippen LogP contribution >= 0.6 is 0 Å². The van der Waals surface area contributed by atoms with Crippen LogP contribution in [0.3, 0.4) is 0 Å². The smallest absolute Gasteiger partial charge is 0.410 e. The van der Waals surface area contributed by atoms with Crippen molar-refractivity contribution < 1.29 is 13.9 Å². The van der Waals surface area contributed by atoms with Gasteiger partial charge >= 0.3 is 6.09 Å². The highest BCUT2D eigenvalue weighted by molar-refractivity contribution is 5.69. The first-order chi connectivity index (χ1) is 14.1. The average molecular weight is 415 g/mol. The third-order valence-electron chi connectivity index (χ3n) is 5.72. The average Bonchev–Trinajstić information content (AvgIpc) is 3.15. The van der Waals surface area contributed by atoms with Gasteiger partial charge in [-0.05, 0) is 26.8 Å². The zero-order valence-corrected chi connectivity index (χ0v) is 17.8. The largest absolute Gasteiger partial charge is 0.444 e. The van der Waals surface area contributed by atoms with E-state index in [1.54, 1.807) is 11.9 Å². The molecule has 160 valence electrons. The minimum absolute atomic E-state index is 0.166. The predicted octanol–water partition coefficient (Wildman–Crippen LogP) is 2.28. The number of carbonyl (C=O) groups excluding carboxylic acids is 1. The van der Waals surface area contributed by atoms with Crippen LogP contribution in [-0.4, -0.2) is 57.3 Å². The van der Waals surface area contributed by atoms with Gasteiger partial charge in [-0.25, -0.2) is 14.2 Å². The summed E-state index contributed by atoms with van der Waals surface area (Å²) in [5, 5.41) is 0. The van der Waals surface area contributed by atoms with Gasteiger partial charge in [-0.15, -0.1) is 0 Å². The SMILES string of the molecule is CN(c1nc(-c2ccncc2F)cc(=O)n1C)C1C2CN(C(=O)OC(C)(C)C)CC21. The van der Waals surface area contributed by atoms with Crippen molar-refractivity contribution in [3.8, 4) is 11.3 Å². The molecule has 30 heavy (non-hydrogen) atoms. The van der Waals surface area contributed by atoms with Crippen molar-refractivity contribution in [3.63, 3.8) is 0 Å². The van der Waals surface area contributed by atoms with Gasteiger partial charge in [0.1, 0.15) is 5.60 Å². The van der Waals surface area contributed by atoms with Gasteiger partial charge in [0, 0.05) is 62.9 Å². The Kier molecular flexibility index (Phi) is 4.79. The molecule has 1 aliphatic carbocycles. The molecule has 0 radical (unpaired) electrons. The number of aromatic nitrogens is 3. The second-order valence-corrected chi connectivity index (χ2v) is 9.01. The molecule has 2 aromatic rings. The number of amides is 1. The predicted molar refractivity (Wildman–Crippen MR) is 110 cm³/mol. The van der Waals surface area contributed by atoms with Crippen LogP contribution < -0.4 is 10.5 Å². The van der Waals surface area contributed by atoms with E-state index in [1.165, 1.54) is 22.9 Å². The number of fused-ring (bicyclic) bond motifs is 1. The van der Waals surface area contributed by atoms with Gasteiger partial charge in [0.25, 0.3) is 5.56 Å². The van der Waals surface area contributed by atoms with E-state index in [0.29, 0.717) is 30.9 Å². The number of carbonyl (C=O) groups is 1. The molecule has 8 nitrogen and oxygen atoms in total. The first-order valence-corrected chi connectivity index (χ1v) is 9.95. The lowest BCUT2D eigenvalue weighted by Gasteiger charge is -2.28. The molecule has 0 aromatic carbocycles. The van der Waals surface area contributed by atoms with E-state index in [4.69, 9.17) is 4.74 Å². The van der Waals surface area contributed by atoms with E-state index < -0.39 is 11.4 Å². The van der Waals surface area contributed by atoms with Crippen LogP contribution in [0.25, 0.3) is 11.3 Å². The Morgan fingerprint density at radius 3 is 2.57 bits per heavy atom. The van der Waals surface area contributed by atoms with E-state index in [0.717, 1.165) is 6.20 Å². The Hall–Kier alpha value is -2.97. The maximum absolute atomic E-state index is 14.2. The van der Waals surface area contributed by atoms with Crippen LogP contribution in [0.4, 0.5) is 15.1 Å². The van der Waals surface area contributed by atoms with Gasteiger partial charge in [0.05, 0.1) is 11.9 Å². The molecule has 2 fully saturated rings. The molecular formula is C21H26FN5O3. The monoisotopic (exact) mass is 415 g/mol. The Morgan fingerprint density at radius 1 is 1.30 bits per heavy atom. The number of ether oxygens (including phenoxy) is 1. The highest BCUT2D eigenvalue weighted by Crippen LogP contribution is 2.49. The van der Waals surface area contributed by atoms with Gasteiger partial charge < -0.3 is 14.5 Å². The summed E-state index contributed by atoms with van der Waals surface area (Å²) in [5.41, 5.74) is -0.269. The Labute approximate surface area is 174 Å². The Balaban J connectivity index is 1.52. The molecule has 2 atom stereocenters. The van der Waals surface area contributed by atoms with Gasteiger partial charge in [-0.3, -0.25) is 14.3 Å². The van der Waals surface area contributed by atoms with Gasteiger partial charge in [-0.1, -0.05) is 0 Å². The van der Waals surface area contributed by atoms with E-state index in [2.05, 4.69) is 9.97 Å². The number of piperidine rings is 1. The zero-order valence-electron chi connectivity index (χ0n) is 17.8. The Bertz CT molecular complexity index is 1040. The molecule has 9 heteroatoms. The fourth-order valence-electron chi connectivity index (χ4n) is 4.24. The van der Waals surface area contributed by atoms with E-state index in [-0.39, 0.29) is 29.0 Å². The van der Waals surface area contributed by atoms with Crippen LogP contribution in [-0.2, 0) is 11.8 Å². The minimum atomic E-state index is -0.525. The number of anilines is 1. The molecule has 0 spiro atoms. The highest BCUT2D eigenvalue weighted by Gasteiger charge is 2.59. The van der Waals surface area contributed by atoms with Crippen molar-refractivity contribution >= 4 is 12.0 Å². The molecular weight excluding hydrogens is 389 g/mol. The topological polar surface area (TPSA) is 80.6 Å². The molecule has 2 aliphatic rings. The third-order valence-corrected chi connectivity index (χ3v) is 5.72. The van der Waals surface area contributed by atoms with E-state index in [9.17, 15) is 14.0 Å². The number of hydrogen-bond acceptors (Lipinski definition) is 6. The molecule has 0 bridgehead atoms. The van der Waals surface area contributed by atoms with Crippen molar-refractivity contribution in [1.29, 1.82) is 0 Å². The first-order valence-electron chi connectivity index (χ1n) is 9.95. The molecule has 4 rings (SSSR count). The normalized spacial score (nSPS) is 22.6. The summed E-state index contributed by atoms with van der Waals surface area (Å²) in [5.74, 6) is 0.529. The summed E-state index contributed by atoms with van der Waals surface area (Å²) in [4.78, 5) is 36.8. The van der Waals surface area contributed by atoms with E-state index >= 15 is 0 Å². The number of rotatable bonds is 3. The van der Waals surface area contributed by atoms with Gasteiger partial charge in [-0.2, -0.15) is 0 Å². The van der Waals surface area contributed by atoms with Crippen LogP contribution in [0.1, 0.15) is 20.8 Å². The van der Waals surface area contributed by atoms with Crippen LogP contribution in [0, 0.1) is 17.7 Å². The molecule has 3 heterocycles. The summed E-state index contributed by atoms with van der Waals surface area (Å²) in [6, 6.07) is 3.00. The van der Waals surface area contributed by atoms with Crippen molar-refractivity contribution in [1.82, 2.24) is 19.4 Å². The van der Waals surface area contributed by atoms with Crippen molar-refractivity contribution in [2.45, 2.75) is 32.4 Å². The summed E-state index contributed by atoms with van der Waals surface area (Å²) in [6.45, 7) is 6.78. The molecule has 2 aromatic heterocycles. The molecule has 1 saturated carbocycles. The van der Waals surface area contributed by atoms with Crippen molar-refractivity contribution in [2.75, 3.05) is 25.0 Å². The van der Waals surface area contributed by atoms with Crippen LogP contribution in [0.15, 0.2) is 29.3 Å². The van der Waals surface area contributed by atoms with Crippen LogP contribution in [0.5, 0.6) is 0 Å². The lowest BCUT2D eigenvalue weighted by molar-refractivity contribution is 0.0271. The van der Waals surface area contributed by atoms with Crippen molar-refractivity contribution in [3.05, 3.63) is 40.7 Å². The summed E-state index contributed by atoms with van der Waals surface area (Å²) >= 11 is 0. The quantitative estimate of drug-likeness (QED) is 0.765. The summed E-state index contributed by atoms with van der Waals surface area (Å²) < 4.78 is 21.1. The fourth-order valence-corrected chi connectivity index (χ4v) is 4.24. The number of nitrogens with zero attached hydrogens (tertiary/aromatic N) is 5. The van der Waals surface area contributed by atoms with Crippen molar-refractivity contribution in [2.24, 2.45) is 18.9 Å². The summed E-state index contributed by atoms with van der Waals surface area (Å²) in [6.07, 6.45) is 2.28. The number of halogens is 1. The molecule has 1 saturated heterocycles. The second kappa shape index (κ2) is 7.07. The first kappa shape index (κ1) is 20.3. The lowest BCUT2D eigenvalue weighted by atomic mass is 10.2. The van der Waals surface area contributed by atoms with Crippen LogP contribution in [0.2, 0.25) is 0 Å². The third kappa shape index (κ3) is 3.64. The number of likely N-dealkylation sites (tertiary alicyclic amines) is 1. The van der Waals surface area contributed by atoms with Gasteiger partial charge in [0.2, 0.25) is 5.95 Å². The maximum Gasteiger partial charge on any atom is 0.410 e. The second-order valence-electron chi connectivity index (χ2n) is 9.01. The standard InChI is InChI=1S/C21H26FN5O3/c1-21(2,3)30-20(29)27-10-13-14(11-27)18(13)26(5)19-24-16(8-17(28)25(19)4)12-6-7-23-9-15(12)22/h6-9,13-14,18H,10-11H2,1-5H3. The zero-order chi connectivity index (χ0) is 21.8. The maximum atomic E-state index is 14.2. The Morgan fingerprint density at radius 2 is 1.97 bits per heavy atom. The lowest BCUT2D eigenvalue weighted by Crippen LogP contribution is -2.40. The van der Waals surface area contributed by atoms with Gasteiger partial charge in [0.15, 0.2) is 5.82 Å². The van der Waals surface area contributed by atoms with E-state index in [1.807, 2.05) is 32.7 Å². The summed E-state index contributed by atoms with van der Waals surface area (Å²) in [7, 11) is 3.54.